The molecule has 10 nitrogen and oxygen atoms in total. The number of likely N-dealkylation sites (tertiary alicyclic amines) is 1. The number of carbonyl (C=O) groups is 4. The van der Waals surface area contributed by atoms with E-state index in [0.29, 0.717) is 51.1 Å². The number of amides is 2. The number of nitrogens with one attached hydrogen (secondary N) is 1. The van der Waals surface area contributed by atoms with Crippen molar-refractivity contribution in [1.82, 2.24) is 10.2 Å². The first-order valence-corrected chi connectivity index (χ1v) is 12.6. The fourth-order valence-electron chi connectivity index (χ4n) is 3.97. The predicted molar refractivity (Wildman–Crippen MR) is 132 cm³/mol. The number of para-hydroxylation sites is 1. The molecule has 37 heavy (non-hydrogen) atoms. The molecule has 1 saturated heterocycles. The quantitative estimate of drug-likeness (QED) is 0.235. The number of carboxylic acid groups (broad SMARTS) is 1. The zero-order valence-corrected chi connectivity index (χ0v) is 21.3. The molecule has 2 N–H and O–H groups in total. The van der Waals surface area contributed by atoms with Gasteiger partial charge in [0.2, 0.25) is 11.8 Å². The summed E-state index contributed by atoms with van der Waals surface area (Å²) in [6, 6.07) is 7.82. The number of hydrogen-bond acceptors (Lipinski definition) is 7. The number of carbonyl (C=O) groups excluding carboxylic acids is 3. The van der Waals surface area contributed by atoms with Gasteiger partial charge in [0.25, 0.3) is 0 Å². The minimum atomic E-state index is -2.00. The summed E-state index contributed by atoms with van der Waals surface area (Å²) in [7, 11) is 0. The fourth-order valence-corrected chi connectivity index (χ4v) is 3.97. The number of esters is 1. The van der Waals surface area contributed by atoms with Gasteiger partial charge >= 0.3 is 11.9 Å². The highest BCUT2D eigenvalue weighted by molar-refractivity contribution is 5.88. The van der Waals surface area contributed by atoms with Crippen LogP contribution in [0.4, 0.5) is 4.39 Å². The van der Waals surface area contributed by atoms with Gasteiger partial charge < -0.3 is 29.5 Å². The fraction of sp³-hybridized carbons (Fsp3) is 0.615. The molecule has 1 aromatic rings. The normalized spacial score (nSPS) is 18.9. The Hall–Kier alpha value is -3.21. The van der Waals surface area contributed by atoms with E-state index in [4.69, 9.17) is 14.2 Å². The van der Waals surface area contributed by atoms with Crippen LogP contribution in [0.2, 0.25) is 0 Å². The van der Waals surface area contributed by atoms with Crippen LogP contribution in [0.1, 0.15) is 51.9 Å². The number of hydrogen-bond donors (Lipinski definition) is 2. The molecule has 1 heterocycles. The summed E-state index contributed by atoms with van der Waals surface area (Å²) in [4.78, 5) is 48.5. The lowest BCUT2D eigenvalue weighted by molar-refractivity contribution is -0.148. The smallest absolute Gasteiger partial charge is 0.326 e. The number of alkyl halides is 1. The number of halogens is 1. The van der Waals surface area contributed by atoms with Crippen molar-refractivity contribution in [3.63, 3.8) is 0 Å². The second kappa shape index (κ2) is 15.8. The van der Waals surface area contributed by atoms with Gasteiger partial charge in [-0.3, -0.25) is 14.4 Å². The van der Waals surface area contributed by atoms with Gasteiger partial charge in [0.05, 0.1) is 32.9 Å². The third-order valence-electron chi connectivity index (χ3n) is 5.83. The van der Waals surface area contributed by atoms with E-state index in [0.717, 1.165) is 4.90 Å². The molecule has 1 aliphatic heterocycles. The molecule has 1 aromatic carbocycles. The van der Waals surface area contributed by atoms with Crippen LogP contribution in [0, 0.1) is 0 Å². The molecule has 0 radical (unpaired) electrons. The molecular formula is C26H37FN2O8. The van der Waals surface area contributed by atoms with E-state index >= 15 is 4.39 Å². The monoisotopic (exact) mass is 524 g/mol. The molecule has 0 saturated carbocycles. The average molecular weight is 525 g/mol. The average Bonchev–Trinajstić information content (AvgIpc) is 3.23. The first-order valence-electron chi connectivity index (χ1n) is 12.6. The standard InChI is InChI=1S/C26H37FN2O8/c1-2-36-24(32)13-7-4-8-14-35-19-26(27)16-21(25(33)34)29(18-26)23(31)17-28-22(30)12-9-15-37-20-10-5-3-6-11-20/h3,5-6,10-11,21H,2,4,7-9,12-19H2,1H3,(H,28,30)(H,33,34)/t21-,26+/m0/s1. The van der Waals surface area contributed by atoms with Gasteiger partial charge in [-0.25, -0.2) is 9.18 Å². The van der Waals surface area contributed by atoms with E-state index < -0.39 is 36.7 Å². The predicted octanol–water partition coefficient (Wildman–Crippen LogP) is 2.50. The Balaban J connectivity index is 1.67. The molecule has 2 rings (SSSR count). The zero-order valence-electron chi connectivity index (χ0n) is 21.3. The highest BCUT2D eigenvalue weighted by atomic mass is 19.1. The van der Waals surface area contributed by atoms with Gasteiger partial charge in [-0.05, 0) is 38.3 Å². The summed E-state index contributed by atoms with van der Waals surface area (Å²) < 4.78 is 31.1. The van der Waals surface area contributed by atoms with Gasteiger partial charge in [-0.15, -0.1) is 0 Å². The Kier molecular flexibility index (Phi) is 12.8. The Morgan fingerprint density at radius 1 is 1.08 bits per heavy atom. The second-order valence-electron chi connectivity index (χ2n) is 8.94. The SMILES string of the molecule is CCOC(=O)CCCCCOC[C@@]1(F)C[C@@H](C(=O)O)N(C(=O)CNC(=O)CCCOc2ccccc2)C1. The summed E-state index contributed by atoms with van der Waals surface area (Å²) in [5.41, 5.74) is -2.00. The van der Waals surface area contributed by atoms with Crippen molar-refractivity contribution in [2.45, 2.75) is 63.6 Å². The molecule has 2 amide bonds. The van der Waals surface area contributed by atoms with Gasteiger partial charge in [0, 0.05) is 25.9 Å². The Morgan fingerprint density at radius 2 is 1.84 bits per heavy atom. The minimum absolute atomic E-state index is 0.128. The van der Waals surface area contributed by atoms with E-state index in [-0.39, 0.29) is 37.9 Å². The minimum Gasteiger partial charge on any atom is -0.494 e. The van der Waals surface area contributed by atoms with Gasteiger partial charge in [-0.2, -0.15) is 0 Å². The molecule has 0 bridgehead atoms. The summed E-state index contributed by atoms with van der Waals surface area (Å²) >= 11 is 0. The van der Waals surface area contributed by atoms with E-state index in [9.17, 15) is 24.3 Å². The molecule has 11 heteroatoms. The molecule has 1 fully saturated rings. The number of benzene rings is 1. The van der Waals surface area contributed by atoms with Crippen LogP contribution in [-0.4, -0.2) is 85.0 Å². The van der Waals surface area contributed by atoms with Crippen LogP contribution in [0.3, 0.4) is 0 Å². The largest absolute Gasteiger partial charge is 0.494 e. The van der Waals surface area contributed by atoms with E-state index in [1.54, 1.807) is 19.1 Å². The van der Waals surface area contributed by atoms with Crippen LogP contribution in [0.15, 0.2) is 30.3 Å². The Labute approximate surface area is 216 Å². The highest BCUT2D eigenvalue weighted by Crippen LogP contribution is 2.31. The van der Waals surface area contributed by atoms with Gasteiger partial charge in [0.1, 0.15) is 11.8 Å². The van der Waals surface area contributed by atoms with E-state index in [1.807, 2.05) is 18.2 Å². The van der Waals surface area contributed by atoms with Gasteiger partial charge in [0.15, 0.2) is 5.67 Å². The third kappa shape index (κ3) is 11.2. The van der Waals surface area contributed by atoms with E-state index in [2.05, 4.69) is 5.32 Å². The first-order chi connectivity index (χ1) is 17.7. The zero-order chi connectivity index (χ0) is 27.1. The summed E-state index contributed by atoms with van der Waals surface area (Å²) in [5.74, 6) is -1.92. The number of unbranched alkanes of at least 4 members (excludes halogenated alkanes) is 2. The van der Waals surface area contributed by atoms with Crippen LogP contribution < -0.4 is 10.1 Å². The van der Waals surface area contributed by atoms with Crippen LogP contribution in [-0.2, 0) is 28.7 Å². The van der Waals surface area contributed by atoms with Gasteiger partial charge in [-0.1, -0.05) is 24.6 Å². The van der Waals surface area contributed by atoms with E-state index in [1.165, 1.54) is 0 Å². The summed E-state index contributed by atoms with van der Waals surface area (Å²) in [6.07, 6.45) is 2.45. The van der Waals surface area contributed by atoms with Crippen LogP contribution in [0.5, 0.6) is 5.75 Å². The highest BCUT2D eigenvalue weighted by Gasteiger charge is 2.49. The maximum atomic E-state index is 15.3. The maximum Gasteiger partial charge on any atom is 0.326 e. The second-order valence-corrected chi connectivity index (χ2v) is 8.94. The van der Waals surface area contributed by atoms with Crippen LogP contribution >= 0.6 is 0 Å². The number of aliphatic carboxylic acids is 1. The topological polar surface area (TPSA) is 131 Å². The number of rotatable bonds is 17. The summed E-state index contributed by atoms with van der Waals surface area (Å²) in [5, 5.41) is 12.0. The number of carboxylic acids is 1. The number of nitrogens with zero attached hydrogens (tertiary/aromatic N) is 1. The van der Waals surface area contributed by atoms with Crippen molar-refractivity contribution in [3.8, 4) is 5.75 Å². The molecule has 0 aliphatic carbocycles. The van der Waals surface area contributed by atoms with Crippen molar-refractivity contribution in [1.29, 1.82) is 0 Å². The lowest BCUT2D eigenvalue weighted by atomic mass is 10.0. The summed E-state index contributed by atoms with van der Waals surface area (Å²) in [6.45, 7) is 1.48. The maximum absolute atomic E-state index is 15.3. The number of ether oxygens (including phenoxy) is 3. The van der Waals surface area contributed by atoms with Crippen molar-refractivity contribution >= 4 is 23.8 Å². The molecule has 0 unspecified atom stereocenters. The third-order valence-corrected chi connectivity index (χ3v) is 5.83. The van der Waals surface area contributed by atoms with Crippen molar-refractivity contribution < 1.29 is 42.9 Å². The van der Waals surface area contributed by atoms with Crippen molar-refractivity contribution in [3.05, 3.63) is 30.3 Å². The Morgan fingerprint density at radius 3 is 2.54 bits per heavy atom. The molecule has 206 valence electrons. The van der Waals surface area contributed by atoms with Crippen LogP contribution in [0.25, 0.3) is 0 Å². The van der Waals surface area contributed by atoms with Crippen molar-refractivity contribution in [2.75, 3.05) is 39.5 Å². The molecule has 2 atom stereocenters. The lowest BCUT2D eigenvalue weighted by Crippen LogP contribution is -2.46. The van der Waals surface area contributed by atoms with Crippen molar-refractivity contribution in [2.24, 2.45) is 0 Å². The molecular weight excluding hydrogens is 487 g/mol. The first kappa shape index (κ1) is 30.0. The molecule has 0 aromatic heterocycles. The Bertz CT molecular complexity index is 885. The molecule has 0 spiro atoms. The molecule has 1 aliphatic rings. The lowest BCUT2D eigenvalue weighted by Gasteiger charge is -2.22.